The van der Waals surface area contributed by atoms with Crippen molar-refractivity contribution in [1.29, 1.82) is 0 Å². The van der Waals surface area contributed by atoms with Gasteiger partial charge in [0.2, 0.25) is 0 Å². The van der Waals surface area contributed by atoms with Crippen molar-refractivity contribution in [3.8, 4) is 44.5 Å². The molecular formula is C56H51NP2. The van der Waals surface area contributed by atoms with E-state index in [4.69, 9.17) is 0 Å². The third-order valence-corrected chi connectivity index (χ3v) is 18.1. The molecule has 0 radical (unpaired) electrons. The summed E-state index contributed by atoms with van der Waals surface area (Å²) in [5.74, 6) is 0. The van der Waals surface area contributed by atoms with Crippen LogP contribution >= 0.6 is 16.1 Å². The van der Waals surface area contributed by atoms with Crippen molar-refractivity contribution in [3.05, 3.63) is 230 Å². The monoisotopic (exact) mass is 799 g/mol. The molecule has 0 spiro atoms. The maximum absolute atomic E-state index is 3.09. The molecule has 1 nitrogen and oxygen atoms in total. The Balaban J connectivity index is 1.34. The fourth-order valence-electron chi connectivity index (χ4n) is 8.80. The SMILES string of the molecule is CCCCN(P(c1cc(-c2ccccc2)cc(-c2ccccc2)c1)c1cc(-c2ccccc2)cc(-c2ccccc2)c1)P1C(c2ccccc2)CCC1c1ccccc1. The molecule has 1 aliphatic heterocycles. The lowest BCUT2D eigenvalue weighted by Crippen LogP contribution is -2.28. The van der Waals surface area contributed by atoms with Crippen LogP contribution < -0.4 is 10.6 Å². The highest BCUT2D eigenvalue weighted by Gasteiger charge is 2.44. The summed E-state index contributed by atoms with van der Waals surface area (Å²) in [6.45, 7) is 3.41. The number of rotatable bonds is 13. The molecule has 1 fully saturated rings. The number of nitrogens with zero attached hydrogens (tertiary/aromatic N) is 1. The minimum Gasteiger partial charge on any atom is -0.251 e. The van der Waals surface area contributed by atoms with Gasteiger partial charge in [0, 0.05) is 25.9 Å². The quantitative estimate of drug-likeness (QED) is 0.105. The van der Waals surface area contributed by atoms with Crippen LogP contribution in [0.1, 0.15) is 55.1 Å². The topological polar surface area (TPSA) is 3.24 Å². The molecule has 8 aromatic carbocycles. The highest BCUT2D eigenvalue weighted by Crippen LogP contribution is 2.76. The summed E-state index contributed by atoms with van der Waals surface area (Å²) in [5.41, 5.74) is 14.0. The van der Waals surface area contributed by atoms with E-state index in [0.717, 1.165) is 19.4 Å². The summed E-state index contributed by atoms with van der Waals surface area (Å²) in [7, 11) is -1.71. The van der Waals surface area contributed by atoms with E-state index in [2.05, 4.69) is 230 Å². The molecule has 1 aliphatic rings. The van der Waals surface area contributed by atoms with Crippen molar-refractivity contribution in [3.63, 3.8) is 0 Å². The maximum atomic E-state index is 3.09. The number of unbranched alkanes of at least 4 members (excludes halogenated alkanes) is 1. The highest BCUT2D eigenvalue weighted by molar-refractivity contribution is 7.79. The molecule has 290 valence electrons. The van der Waals surface area contributed by atoms with Gasteiger partial charge in [-0.15, -0.1) is 0 Å². The predicted octanol–water partition coefficient (Wildman–Crippen LogP) is 15.5. The van der Waals surface area contributed by atoms with Crippen LogP contribution in [-0.2, 0) is 0 Å². The zero-order valence-corrected chi connectivity index (χ0v) is 35.6. The van der Waals surface area contributed by atoms with E-state index in [1.807, 2.05) is 0 Å². The zero-order chi connectivity index (χ0) is 39.8. The van der Waals surface area contributed by atoms with E-state index in [9.17, 15) is 0 Å². The lowest BCUT2D eigenvalue weighted by molar-refractivity contribution is 0.632. The fraction of sp³-hybridized carbons (Fsp3) is 0.143. The van der Waals surface area contributed by atoms with Gasteiger partial charge < -0.3 is 0 Å². The van der Waals surface area contributed by atoms with Crippen LogP contribution in [0.25, 0.3) is 44.5 Å². The molecule has 3 heteroatoms. The Morgan fingerprint density at radius 2 is 0.712 bits per heavy atom. The molecule has 2 unspecified atom stereocenters. The Morgan fingerprint density at radius 1 is 0.407 bits per heavy atom. The molecule has 9 rings (SSSR count). The van der Waals surface area contributed by atoms with Crippen LogP contribution in [0.15, 0.2) is 218 Å². The molecule has 1 saturated heterocycles. The summed E-state index contributed by atoms with van der Waals surface area (Å²) in [6.07, 6.45) is 4.68. The average Bonchev–Trinajstić information content (AvgIpc) is 3.77. The first-order valence-corrected chi connectivity index (χ1v) is 23.9. The zero-order valence-electron chi connectivity index (χ0n) is 33.8. The standard InChI is InChI=1S/C56H51NP2/c1-2-3-36-57(59-55(47-30-18-8-19-31-47)34-35-56(59)48-32-20-9-21-33-48)58(53-39-49(43-22-10-4-11-23-43)37-50(40-53)44-24-12-5-13-25-44)54-41-51(45-26-14-6-15-27-45)38-52(42-54)46-28-16-7-17-29-46/h4-33,37-42,55-56H,2-3,34-36H2,1H3. The number of hydrogen-bond donors (Lipinski definition) is 0. The Hall–Kier alpha value is -5.42. The third kappa shape index (κ3) is 8.81. The molecule has 1 heterocycles. The Labute approximate surface area is 354 Å². The van der Waals surface area contributed by atoms with Gasteiger partial charge in [-0.3, -0.25) is 4.44 Å². The van der Waals surface area contributed by atoms with Crippen LogP contribution in [0.3, 0.4) is 0 Å². The van der Waals surface area contributed by atoms with Gasteiger partial charge in [-0.1, -0.05) is 195 Å². The molecule has 0 amide bonds. The minimum atomic E-state index is -1.04. The molecular weight excluding hydrogens is 749 g/mol. The molecule has 2 atom stereocenters. The number of benzene rings is 8. The molecule has 0 saturated carbocycles. The summed E-state index contributed by atoms with van der Waals surface area (Å²) in [5, 5.41) is 2.82. The molecule has 0 bridgehead atoms. The normalized spacial score (nSPS) is 16.4. The molecule has 0 aliphatic carbocycles. The first-order valence-electron chi connectivity index (χ1n) is 21.2. The van der Waals surface area contributed by atoms with Crippen molar-refractivity contribution < 1.29 is 0 Å². The van der Waals surface area contributed by atoms with E-state index in [1.165, 1.54) is 79.1 Å². The Kier molecular flexibility index (Phi) is 12.4. The fourth-order valence-corrected chi connectivity index (χ4v) is 16.4. The minimum absolute atomic E-state index is 0.468. The molecule has 0 N–H and O–H groups in total. The third-order valence-electron chi connectivity index (χ3n) is 11.7. The van der Waals surface area contributed by atoms with E-state index < -0.39 is 16.1 Å². The molecule has 0 aromatic heterocycles. The van der Waals surface area contributed by atoms with E-state index in [0.29, 0.717) is 11.3 Å². The first kappa shape index (κ1) is 39.1. The van der Waals surface area contributed by atoms with Gasteiger partial charge in [-0.05, 0) is 130 Å². The summed E-state index contributed by atoms with van der Waals surface area (Å²) < 4.78 is 3.09. The van der Waals surface area contributed by atoms with Gasteiger partial charge in [0.25, 0.3) is 0 Å². The van der Waals surface area contributed by atoms with Crippen LogP contribution in [0.5, 0.6) is 0 Å². The second-order valence-corrected chi connectivity index (χ2v) is 20.5. The highest BCUT2D eigenvalue weighted by atomic mass is 31.2. The lowest BCUT2D eigenvalue weighted by Gasteiger charge is -2.43. The van der Waals surface area contributed by atoms with Crippen LogP contribution in [0.4, 0.5) is 0 Å². The van der Waals surface area contributed by atoms with Crippen molar-refractivity contribution >= 4 is 26.8 Å². The summed E-state index contributed by atoms with van der Waals surface area (Å²) >= 11 is 0. The van der Waals surface area contributed by atoms with E-state index in [1.54, 1.807) is 0 Å². The Morgan fingerprint density at radius 3 is 1.02 bits per heavy atom. The molecule has 8 aromatic rings. The second-order valence-electron chi connectivity index (χ2n) is 15.6. The van der Waals surface area contributed by atoms with Crippen LogP contribution in [0, 0.1) is 0 Å². The lowest BCUT2D eigenvalue weighted by atomic mass is 9.99. The second kappa shape index (κ2) is 18.7. The maximum Gasteiger partial charge on any atom is 0.0319 e. The summed E-state index contributed by atoms with van der Waals surface area (Å²) in [4.78, 5) is 0. The first-order chi connectivity index (χ1) is 29.2. The van der Waals surface area contributed by atoms with E-state index >= 15 is 0 Å². The van der Waals surface area contributed by atoms with Gasteiger partial charge in [-0.2, -0.15) is 0 Å². The van der Waals surface area contributed by atoms with Crippen LogP contribution in [0.2, 0.25) is 0 Å². The van der Waals surface area contributed by atoms with Crippen molar-refractivity contribution in [2.24, 2.45) is 0 Å². The van der Waals surface area contributed by atoms with Gasteiger partial charge >= 0.3 is 0 Å². The van der Waals surface area contributed by atoms with E-state index in [-0.39, 0.29) is 0 Å². The van der Waals surface area contributed by atoms with Gasteiger partial charge in [-0.25, -0.2) is 0 Å². The van der Waals surface area contributed by atoms with Gasteiger partial charge in [0.05, 0.1) is 0 Å². The average molecular weight is 800 g/mol. The van der Waals surface area contributed by atoms with Crippen molar-refractivity contribution in [2.45, 2.75) is 43.9 Å². The van der Waals surface area contributed by atoms with Crippen molar-refractivity contribution in [2.75, 3.05) is 6.54 Å². The largest absolute Gasteiger partial charge is 0.251 e. The summed E-state index contributed by atoms with van der Waals surface area (Å²) in [6, 6.07) is 82.0. The molecule has 59 heavy (non-hydrogen) atoms. The Bertz CT molecular complexity index is 2260. The number of hydrogen-bond acceptors (Lipinski definition) is 1. The van der Waals surface area contributed by atoms with Gasteiger partial charge in [0.15, 0.2) is 0 Å². The van der Waals surface area contributed by atoms with Crippen molar-refractivity contribution in [1.82, 2.24) is 4.44 Å². The predicted molar refractivity (Wildman–Crippen MR) is 257 cm³/mol. The van der Waals surface area contributed by atoms with Gasteiger partial charge in [0.1, 0.15) is 0 Å². The van der Waals surface area contributed by atoms with Crippen LogP contribution in [-0.4, -0.2) is 11.0 Å². The smallest absolute Gasteiger partial charge is 0.0319 e.